The minimum atomic E-state index is 0. The van der Waals surface area contributed by atoms with Crippen molar-refractivity contribution in [3.8, 4) is 0 Å². The molecular formula is C9H19NS. The third kappa shape index (κ3) is 4.14. The molecule has 0 aromatic rings. The Labute approximate surface area is 77.2 Å². The minimum Gasteiger partial charge on any atom is -0.353 e. The highest BCUT2D eigenvalue weighted by molar-refractivity contribution is 7.59. The van der Waals surface area contributed by atoms with Crippen molar-refractivity contribution in [2.75, 3.05) is 7.05 Å². The van der Waals surface area contributed by atoms with Crippen molar-refractivity contribution in [3.63, 3.8) is 0 Å². The van der Waals surface area contributed by atoms with Gasteiger partial charge in [0.2, 0.25) is 0 Å². The van der Waals surface area contributed by atoms with Crippen LogP contribution in [0.2, 0.25) is 0 Å². The van der Waals surface area contributed by atoms with Gasteiger partial charge in [-0.25, -0.2) is 0 Å². The summed E-state index contributed by atoms with van der Waals surface area (Å²) in [6.45, 7) is 12.2. The van der Waals surface area contributed by atoms with Crippen LogP contribution in [0.1, 0.15) is 27.7 Å². The molecule has 0 N–H and O–H groups in total. The SMILES string of the molecule is C=C(C)N(C)C(C)=C(C)C.S. The van der Waals surface area contributed by atoms with Gasteiger partial charge in [-0.3, -0.25) is 0 Å². The van der Waals surface area contributed by atoms with Gasteiger partial charge in [-0.15, -0.1) is 0 Å². The summed E-state index contributed by atoms with van der Waals surface area (Å²) < 4.78 is 0. The highest BCUT2D eigenvalue weighted by atomic mass is 32.1. The molecule has 0 unspecified atom stereocenters. The van der Waals surface area contributed by atoms with Crippen LogP contribution in [-0.4, -0.2) is 11.9 Å². The monoisotopic (exact) mass is 173 g/mol. The minimum absolute atomic E-state index is 0. The molecular weight excluding hydrogens is 154 g/mol. The normalized spacial score (nSPS) is 8.09. The van der Waals surface area contributed by atoms with Gasteiger partial charge in [0.05, 0.1) is 0 Å². The number of rotatable bonds is 2. The first-order valence-corrected chi connectivity index (χ1v) is 3.50. The van der Waals surface area contributed by atoms with Gasteiger partial charge >= 0.3 is 0 Å². The second-order valence-electron chi connectivity index (χ2n) is 2.88. The lowest BCUT2D eigenvalue weighted by Gasteiger charge is -2.20. The third-order valence-corrected chi connectivity index (χ3v) is 1.80. The lowest BCUT2D eigenvalue weighted by Crippen LogP contribution is -2.13. The molecule has 0 heterocycles. The predicted molar refractivity (Wildman–Crippen MR) is 57.0 cm³/mol. The summed E-state index contributed by atoms with van der Waals surface area (Å²) in [5.41, 5.74) is 3.71. The molecule has 0 atom stereocenters. The van der Waals surface area contributed by atoms with Crippen LogP contribution in [0, 0.1) is 0 Å². The molecule has 0 aromatic heterocycles. The van der Waals surface area contributed by atoms with Crippen LogP contribution >= 0.6 is 13.5 Å². The van der Waals surface area contributed by atoms with E-state index in [2.05, 4.69) is 32.3 Å². The van der Waals surface area contributed by atoms with E-state index < -0.39 is 0 Å². The molecule has 11 heavy (non-hydrogen) atoms. The third-order valence-electron chi connectivity index (χ3n) is 1.80. The molecule has 0 radical (unpaired) electrons. The summed E-state index contributed by atoms with van der Waals surface area (Å²) in [6, 6.07) is 0. The van der Waals surface area contributed by atoms with Crippen LogP contribution < -0.4 is 0 Å². The van der Waals surface area contributed by atoms with Crippen molar-refractivity contribution in [1.82, 2.24) is 4.90 Å². The van der Waals surface area contributed by atoms with Crippen LogP contribution in [0.3, 0.4) is 0 Å². The van der Waals surface area contributed by atoms with Gasteiger partial charge < -0.3 is 4.90 Å². The number of nitrogens with zero attached hydrogens (tertiary/aromatic N) is 1. The average molecular weight is 173 g/mol. The highest BCUT2D eigenvalue weighted by Gasteiger charge is 1.98. The summed E-state index contributed by atoms with van der Waals surface area (Å²) in [4.78, 5) is 2.09. The smallest absolute Gasteiger partial charge is 0.0128 e. The second-order valence-corrected chi connectivity index (χ2v) is 2.88. The van der Waals surface area contributed by atoms with Gasteiger partial charge in [0.25, 0.3) is 0 Å². The summed E-state index contributed by atoms with van der Waals surface area (Å²) >= 11 is 0. The van der Waals surface area contributed by atoms with Crippen molar-refractivity contribution in [3.05, 3.63) is 23.5 Å². The van der Waals surface area contributed by atoms with Crippen molar-refractivity contribution in [1.29, 1.82) is 0 Å². The second kappa shape index (κ2) is 5.30. The Morgan fingerprint density at radius 2 is 1.45 bits per heavy atom. The summed E-state index contributed by atoms with van der Waals surface area (Å²) in [7, 11) is 2.03. The zero-order valence-corrected chi connectivity index (χ0v) is 9.15. The van der Waals surface area contributed by atoms with E-state index in [4.69, 9.17) is 0 Å². The Kier molecular flexibility index (Phi) is 6.38. The molecule has 0 aliphatic rings. The number of hydrogen-bond acceptors (Lipinski definition) is 1. The van der Waals surface area contributed by atoms with E-state index in [0.29, 0.717) is 0 Å². The van der Waals surface area contributed by atoms with E-state index in [0.717, 1.165) is 5.70 Å². The van der Waals surface area contributed by atoms with Gasteiger partial charge in [-0.1, -0.05) is 12.2 Å². The van der Waals surface area contributed by atoms with Gasteiger partial charge in [-0.2, -0.15) is 13.5 Å². The summed E-state index contributed by atoms with van der Waals surface area (Å²) in [6.07, 6.45) is 0. The van der Waals surface area contributed by atoms with Crippen molar-refractivity contribution in [2.45, 2.75) is 27.7 Å². The van der Waals surface area contributed by atoms with E-state index in [1.807, 2.05) is 14.0 Å². The fourth-order valence-electron chi connectivity index (χ4n) is 0.622. The lowest BCUT2D eigenvalue weighted by atomic mass is 10.2. The molecule has 0 bridgehead atoms. The fraction of sp³-hybridized carbons (Fsp3) is 0.556. The first-order valence-electron chi connectivity index (χ1n) is 3.50. The van der Waals surface area contributed by atoms with Crippen LogP contribution in [0.25, 0.3) is 0 Å². The molecule has 0 saturated carbocycles. The summed E-state index contributed by atoms with van der Waals surface area (Å²) in [5, 5.41) is 0. The van der Waals surface area contributed by atoms with E-state index in [-0.39, 0.29) is 13.5 Å². The topological polar surface area (TPSA) is 3.24 Å². The Hall–Kier alpha value is -0.370. The quantitative estimate of drug-likeness (QED) is 0.620. The first-order chi connectivity index (χ1) is 4.46. The van der Waals surface area contributed by atoms with Gasteiger partial charge in [-0.05, 0) is 27.7 Å². The van der Waals surface area contributed by atoms with Gasteiger partial charge in [0, 0.05) is 18.4 Å². The maximum absolute atomic E-state index is 3.85. The molecule has 1 nitrogen and oxygen atoms in total. The first kappa shape index (κ1) is 13.2. The zero-order valence-electron chi connectivity index (χ0n) is 8.15. The molecule has 0 spiro atoms. The largest absolute Gasteiger partial charge is 0.353 e. The predicted octanol–water partition coefficient (Wildman–Crippen LogP) is 2.88. The van der Waals surface area contributed by atoms with E-state index in [1.54, 1.807) is 0 Å². The molecule has 0 saturated heterocycles. The number of hydrogen-bond donors (Lipinski definition) is 0. The maximum atomic E-state index is 3.85. The van der Waals surface area contributed by atoms with E-state index in [1.165, 1.54) is 11.3 Å². The Bertz CT molecular complexity index is 166. The van der Waals surface area contributed by atoms with E-state index in [9.17, 15) is 0 Å². The highest BCUT2D eigenvalue weighted by Crippen LogP contribution is 2.10. The molecule has 0 rings (SSSR count). The molecule has 0 fully saturated rings. The van der Waals surface area contributed by atoms with Crippen LogP contribution in [0.4, 0.5) is 0 Å². The number of allylic oxidation sites excluding steroid dienone is 3. The molecule has 2 heteroatoms. The van der Waals surface area contributed by atoms with Crippen molar-refractivity contribution < 1.29 is 0 Å². The average Bonchev–Trinajstić information content (AvgIpc) is 1.84. The molecule has 0 aliphatic carbocycles. The zero-order chi connectivity index (χ0) is 8.31. The van der Waals surface area contributed by atoms with Gasteiger partial charge in [0.1, 0.15) is 0 Å². The lowest BCUT2D eigenvalue weighted by molar-refractivity contribution is 0.517. The Morgan fingerprint density at radius 3 is 1.55 bits per heavy atom. The van der Waals surface area contributed by atoms with Crippen molar-refractivity contribution >= 4 is 13.5 Å². The maximum Gasteiger partial charge on any atom is 0.0128 e. The Balaban J connectivity index is 0. The van der Waals surface area contributed by atoms with E-state index >= 15 is 0 Å². The van der Waals surface area contributed by atoms with Crippen LogP contribution in [-0.2, 0) is 0 Å². The molecule has 0 aliphatic heterocycles. The standard InChI is InChI=1S/C9H17N.H2S/c1-7(2)9(5)10(6)8(3)4;/h3H2,1-2,4-6H3;1H2. The Morgan fingerprint density at radius 1 is 1.09 bits per heavy atom. The van der Waals surface area contributed by atoms with Crippen LogP contribution in [0.5, 0.6) is 0 Å². The van der Waals surface area contributed by atoms with Crippen LogP contribution in [0.15, 0.2) is 23.5 Å². The summed E-state index contributed by atoms with van der Waals surface area (Å²) in [5.74, 6) is 0. The van der Waals surface area contributed by atoms with Gasteiger partial charge in [0.15, 0.2) is 0 Å². The fourth-order valence-corrected chi connectivity index (χ4v) is 0.622. The molecule has 66 valence electrons. The molecule has 0 aromatic carbocycles. The molecule has 0 amide bonds. The van der Waals surface area contributed by atoms with Crippen molar-refractivity contribution in [2.24, 2.45) is 0 Å².